The van der Waals surface area contributed by atoms with E-state index in [1.807, 2.05) is 15.9 Å². The lowest BCUT2D eigenvalue weighted by atomic mass is 10.1. The summed E-state index contributed by atoms with van der Waals surface area (Å²) >= 11 is 5.45. The molecule has 1 aliphatic rings. The Labute approximate surface area is 166 Å². The maximum absolute atomic E-state index is 12.9. The first-order chi connectivity index (χ1) is 13.2. The van der Waals surface area contributed by atoms with Crippen LogP contribution in [0.5, 0.6) is 0 Å². The second-order valence-corrected chi connectivity index (χ2v) is 6.98. The van der Waals surface area contributed by atoms with Gasteiger partial charge in [0.15, 0.2) is 10.9 Å². The van der Waals surface area contributed by atoms with E-state index < -0.39 is 11.7 Å². The Morgan fingerprint density at radius 1 is 1.04 bits per heavy atom. The Kier molecular flexibility index (Phi) is 5.88. The predicted molar refractivity (Wildman–Crippen MR) is 108 cm³/mol. The molecule has 0 saturated carbocycles. The van der Waals surface area contributed by atoms with Gasteiger partial charge in [-0.15, -0.1) is 0 Å². The van der Waals surface area contributed by atoms with Gasteiger partial charge in [0.05, 0.1) is 5.56 Å². The van der Waals surface area contributed by atoms with Gasteiger partial charge in [0.1, 0.15) is 0 Å². The van der Waals surface area contributed by atoms with Crippen LogP contribution in [-0.4, -0.2) is 42.0 Å². The van der Waals surface area contributed by atoms with Crippen LogP contribution in [0.3, 0.4) is 0 Å². The molecule has 28 heavy (non-hydrogen) atoms. The molecule has 1 heterocycles. The molecule has 0 atom stereocenters. The number of alkyl halides is 3. The molecule has 4 nitrogen and oxygen atoms in total. The maximum Gasteiger partial charge on any atom is 0.416 e. The second kappa shape index (κ2) is 8.18. The Hall–Kier alpha value is -2.61. The lowest BCUT2D eigenvalue weighted by Gasteiger charge is -2.37. The molecule has 3 rings (SSSR count). The minimum absolute atomic E-state index is 0.0238. The highest BCUT2D eigenvalue weighted by molar-refractivity contribution is 7.80. The molecule has 1 saturated heterocycles. The first-order valence-electron chi connectivity index (χ1n) is 8.83. The highest BCUT2D eigenvalue weighted by atomic mass is 32.1. The predicted octanol–water partition coefficient (Wildman–Crippen LogP) is 4.43. The number of thiocarbonyl (C=S) groups is 1. The summed E-state index contributed by atoms with van der Waals surface area (Å²) in [6.07, 6.45) is -4.35. The summed E-state index contributed by atoms with van der Waals surface area (Å²) in [4.78, 5) is 15.4. The molecule has 0 aromatic heterocycles. The highest BCUT2D eigenvalue weighted by Crippen LogP contribution is 2.31. The number of nitrogens with zero attached hydrogens (tertiary/aromatic N) is 2. The molecule has 1 fully saturated rings. The number of piperazine rings is 1. The highest BCUT2D eigenvalue weighted by Gasteiger charge is 2.31. The van der Waals surface area contributed by atoms with Crippen LogP contribution in [-0.2, 0) is 6.18 Å². The third-order valence-corrected chi connectivity index (χ3v) is 4.99. The van der Waals surface area contributed by atoms with Crippen molar-refractivity contribution in [1.29, 1.82) is 0 Å². The molecular formula is C20H20F3N3OS. The Balaban J connectivity index is 1.60. The number of anilines is 2. The van der Waals surface area contributed by atoms with Gasteiger partial charge in [0.2, 0.25) is 0 Å². The van der Waals surface area contributed by atoms with Crippen LogP contribution < -0.4 is 10.2 Å². The quantitative estimate of drug-likeness (QED) is 0.602. The maximum atomic E-state index is 12.9. The van der Waals surface area contributed by atoms with Crippen LogP contribution in [0.2, 0.25) is 0 Å². The van der Waals surface area contributed by atoms with E-state index in [1.165, 1.54) is 19.1 Å². The van der Waals surface area contributed by atoms with Gasteiger partial charge >= 0.3 is 6.18 Å². The first kappa shape index (κ1) is 20.1. The summed E-state index contributed by atoms with van der Waals surface area (Å²) in [6, 6.07) is 12.5. The van der Waals surface area contributed by atoms with Crippen LogP contribution in [0, 0.1) is 0 Å². The normalized spacial score (nSPS) is 14.7. The molecule has 148 valence electrons. The molecule has 0 spiro atoms. The molecule has 0 bridgehead atoms. The first-order valence-corrected chi connectivity index (χ1v) is 9.24. The zero-order chi connectivity index (χ0) is 20.3. The summed E-state index contributed by atoms with van der Waals surface area (Å²) in [5.41, 5.74) is 1.25. The summed E-state index contributed by atoms with van der Waals surface area (Å²) < 4.78 is 38.7. The average molecular weight is 407 g/mol. The molecule has 8 heteroatoms. The van der Waals surface area contributed by atoms with Crippen LogP contribution in [0.25, 0.3) is 0 Å². The number of hydrogen-bond acceptors (Lipinski definition) is 3. The molecular weight excluding hydrogens is 387 g/mol. The lowest BCUT2D eigenvalue weighted by molar-refractivity contribution is -0.137. The molecule has 0 unspecified atom stereocenters. The minimum atomic E-state index is -4.35. The van der Waals surface area contributed by atoms with Crippen molar-refractivity contribution < 1.29 is 18.0 Å². The van der Waals surface area contributed by atoms with Gasteiger partial charge in [-0.05, 0) is 49.5 Å². The van der Waals surface area contributed by atoms with E-state index in [1.54, 1.807) is 24.3 Å². The minimum Gasteiger partial charge on any atom is -0.368 e. The van der Waals surface area contributed by atoms with Crippen molar-refractivity contribution >= 4 is 34.5 Å². The standard InChI is InChI=1S/C20H20F3N3OS/c1-14(27)15-4-2-6-17(12-15)24-19(28)26-10-8-25(9-11-26)18-7-3-5-16(13-18)20(21,22)23/h2-7,12-13H,8-11H2,1H3,(H,24,28). The van der Waals surface area contributed by atoms with Gasteiger partial charge in [0, 0.05) is 43.1 Å². The fourth-order valence-corrected chi connectivity index (χ4v) is 3.37. The van der Waals surface area contributed by atoms with Gasteiger partial charge in [-0.25, -0.2) is 0 Å². The van der Waals surface area contributed by atoms with Gasteiger partial charge in [0.25, 0.3) is 0 Å². The number of hydrogen-bond donors (Lipinski definition) is 1. The molecule has 2 aromatic carbocycles. The number of nitrogens with one attached hydrogen (secondary N) is 1. The van der Waals surface area contributed by atoms with Crippen molar-refractivity contribution in [3.05, 3.63) is 59.7 Å². The Morgan fingerprint density at radius 2 is 1.71 bits per heavy atom. The van der Waals surface area contributed by atoms with Crippen molar-refractivity contribution in [1.82, 2.24) is 4.90 Å². The monoisotopic (exact) mass is 407 g/mol. The van der Waals surface area contributed by atoms with Crippen LogP contribution in [0.1, 0.15) is 22.8 Å². The number of carbonyl (C=O) groups is 1. The SMILES string of the molecule is CC(=O)c1cccc(NC(=S)N2CCN(c3cccc(C(F)(F)F)c3)CC2)c1. The Bertz CT molecular complexity index is 877. The largest absolute Gasteiger partial charge is 0.416 e. The van der Waals surface area contributed by atoms with E-state index in [2.05, 4.69) is 5.32 Å². The van der Waals surface area contributed by atoms with Crippen molar-refractivity contribution in [2.75, 3.05) is 36.4 Å². The summed E-state index contributed by atoms with van der Waals surface area (Å²) in [7, 11) is 0. The van der Waals surface area contributed by atoms with Crippen molar-refractivity contribution in [3.8, 4) is 0 Å². The summed E-state index contributed by atoms with van der Waals surface area (Å²) in [5.74, 6) is -0.0238. The van der Waals surface area contributed by atoms with Gasteiger partial charge < -0.3 is 15.1 Å². The average Bonchev–Trinajstić information content (AvgIpc) is 2.68. The number of benzene rings is 2. The van der Waals surface area contributed by atoms with Crippen molar-refractivity contribution in [2.45, 2.75) is 13.1 Å². The fourth-order valence-electron chi connectivity index (χ4n) is 3.07. The zero-order valence-corrected chi connectivity index (χ0v) is 16.1. The number of carbonyl (C=O) groups excluding carboxylic acids is 1. The third kappa shape index (κ3) is 4.81. The molecule has 0 aliphatic carbocycles. The van der Waals surface area contributed by atoms with E-state index in [0.717, 1.165) is 11.8 Å². The van der Waals surface area contributed by atoms with E-state index in [9.17, 15) is 18.0 Å². The van der Waals surface area contributed by atoms with E-state index in [0.29, 0.717) is 42.5 Å². The van der Waals surface area contributed by atoms with Gasteiger partial charge in [-0.3, -0.25) is 4.79 Å². The van der Waals surface area contributed by atoms with E-state index >= 15 is 0 Å². The Morgan fingerprint density at radius 3 is 2.36 bits per heavy atom. The number of Topliss-reactive ketones (excluding diaryl/α,β-unsaturated/α-hetero) is 1. The topological polar surface area (TPSA) is 35.6 Å². The number of halogens is 3. The van der Waals surface area contributed by atoms with Crippen molar-refractivity contribution in [2.24, 2.45) is 0 Å². The molecule has 1 aliphatic heterocycles. The summed E-state index contributed by atoms with van der Waals surface area (Å²) in [5, 5.41) is 3.66. The number of rotatable bonds is 3. The second-order valence-electron chi connectivity index (χ2n) is 6.59. The van der Waals surface area contributed by atoms with Crippen LogP contribution in [0.4, 0.5) is 24.5 Å². The van der Waals surface area contributed by atoms with E-state index in [-0.39, 0.29) is 5.78 Å². The van der Waals surface area contributed by atoms with Gasteiger partial charge in [-0.2, -0.15) is 13.2 Å². The lowest BCUT2D eigenvalue weighted by Crippen LogP contribution is -2.50. The molecule has 1 N–H and O–H groups in total. The molecule has 0 radical (unpaired) electrons. The van der Waals surface area contributed by atoms with Gasteiger partial charge in [-0.1, -0.05) is 18.2 Å². The van der Waals surface area contributed by atoms with E-state index in [4.69, 9.17) is 12.2 Å². The fraction of sp³-hybridized carbons (Fsp3) is 0.300. The van der Waals surface area contributed by atoms with Crippen molar-refractivity contribution in [3.63, 3.8) is 0 Å². The molecule has 0 amide bonds. The summed E-state index contributed by atoms with van der Waals surface area (Å²) in [6.45, 7) is 3.82. The smallest absolute Gasteiger partial charge is 0.368 e. The number of ketones is 1. The molecule has 2 aromatic rings. The van der Waals surface area contributed by atoms with Crippen LogP contribution >= 0.6 is 12.2 Å². The third-order valence-electron chi connectivity index (χ3n) is 4.63. The zero-order valence-electron chi connectivity index (χ0n) is 15.3. The van der Waals surface area contributed by atoms with Crippen LogP contribution in [0.15, 0.2) is 48.5 Å².